The second-order valence-electron chi connectivity index (χ2n) is 4.71. The van der Waals surface area contributed by atoms with Gasteiger partial charge in [0.2, 0.25) is 0 Å². The number of benzene rings is 1. The maximum absolute atomic E-state index is 12.2. The fourth-order valence-electron chi connectivity index (χ4n) is 2.25. The van der Waals surface area contributed by atoms with Crippen LogP contribution in [0.2, 0.25) is 0 Å². The van der Waals surface area contributed by atoms with Gasteiger partial charge in [0.15, 0.2) is 0 Å². The molecule has 1 aliphatic heterocycles. The Hall–Kier alpha value is -0.870. The van der Waals surface area contributed by atoms with Crippen molar-refractivity contribution in [2.75, 3.05) is 12.4 Å². The zero-order chi connectivity index (χ0) is 13.0. The first-order chi connectivity index (χ1) is 8.74. The Morgan fingerprint density at radius 3 is 2.94 bits per heavy atom. The summed E-state index contributed by atoms with van der Waals surface area (Å²) in [5.41, 5.74) is 7.21. The van der Waals surface area contributed by atoms with Crippen molar-refractivity contribution in [3.8, 4) is 5.75 Å². The summed E-state index contributed by atoms with van der Waals surface area (Å²) >= 11 is 0. The van der Waals surface area contributed by atoms with Crippen molar-refractivity contribution in [2.24, 2.45) is 5.73 Å². The number of hydrogen-bond acceptors (Lipinski definition) is 3. The number of ether oxygens (including phenoxy) is 1. The summed E-state index contributed by atoms with van der Waals surface area (Å²) in [6.45, 7) is 2.62. The van der Waals surface area contributed by atoms with Crippen LogP contribution in [0.5, 0.6) is 5.75 Å². The zero-order valence-corrected chi connectivity index (χ0v) is 11.6. The minimum Gasteiger partial charge on any atom is -0.492 e. The van der Waals surface area contributed by atoms with Gasteiger partial charge in [-0.3, -0.25) is 4.21 Å². The molecule has 1 heterocycles. The molecular weight excluding hydrogens is 246 g/mol. The topological polar surface area (TPSA) is 52.3 Å². The molecule has 1 aliphatic rings. The van der Waals surface area contributed by atoms with Crippen molar-refractivity contribution in [3.05, 3.63) is 29.8 Å². The SMILES string of the molecule is CCCCCS(=O)C1COc2ccccc2C1N. The molecule has 3 nitrogen and oxygen atoms in total. The summed E-state index contributed by atoms with van der Waals surface area (Å²) in [4.78, 5) is 0. The van der Waals surface area contributed by atoms with E-state index in [-0.39, 0.29) is 11.3 Å². The van der Waals surface area contributed by atoms with E-state index >= 15 is 0 Å². The third-order valence-electron chi connectivity index (χ3n) is 3.37. The highest BCUT2D eigenvalue weighted by Gasteiger charge is 2.31. The Labute approximate surface area is 111 Å². The largest absolute Gasteiger partial charge is 0.492 e. The molecule has 0 aliphatic carbocycles. The van der Waals surface area contributed by atoms with Crippen LogP contribution in [0.4, 0.5) is 0 Å². The Morgan fingerprint density at radius 1 is 1.39 bits per heavy atom. The summed E-state index contributed by atoms with van der Waals surface area (Å²) < 4.78 is 17.9. The van der Waals surface area contributed by atoms with Gasteiger partial charge in [0, 0.05) is 22.1 Å². The van der Waals surface area contributed by atoms with Crippen LogP contribution in [-0.2, 0) is 10.8 Å². The van der Waals surface area contributed by atoms with Crippen LogP contribution in [0.15, 0.2) is 24.3 Å². The highest BCUT2D eigenvalue weighted by molar-refractivity contribution is 7.85. The molecule has 0 bridgehead atoms. The molecule has 1 aromatic rings. The lowest BCUT2D eigenvalue weighted by atomic mass is 10.0. The number of fused-ring (bicyclic) bond motifs is 1. The predicted molar refractivity (Wildman–Crippen MR) is 75.2 cm³/mol. The van der Waals surface area contributed by atoms with E-state index in [4.69, 9.17) is 10.5 Å². The first-order valence-corrected chi connectivity index (χ1v) is 7.96. The molecule has 2 N–H and O–H groups in total. The standard InChI is InChI=1S/C14H21NO2S/c1-2-3-6-9-18(16)13-10-17-12-8-5-4-7-11(12)14(13)15/h4-5,7-8,13-14H,2-3,6,9-10,15H2,1H3. The van der Waals surface area contributed by atoms with Gasteiger partial charge in [-0.2, -0.15) is 0 Å². The molecule has 18 heavy (non-hydrogen) atoms. The lowest BCUT2D eigenvalue weighted by Gasteiger charge is -2.30. The second kappa shape index (κ2) is 6.34. The van der Waals surface area contributed by atoms with Gasteiger partial charge in [-0.1, -0.05) is 38.0 Å². The van der Waals surface area contributed by atoms with Gasteiger partial charge < -0.3 is 10.5 Å². The second-order valence-corrected chi connectivity index (χ2v) is 6.48. The smallest absolute Gasteiger partial charge is 0.124 e. The molecule has 4 heteroatoms. The van der Waals surface area contributed by atoms with Crippen LogP contribution < -0.4 is 10.5 Å². The van der Waals surface area contributed by atoms with Crippen LogP contribution in [0.1, 0.15) is 37.8 Å². The van der Waals surface area contributed by atoms with Gasteiger partial charge in [-0.05, 0) is 12.5 Å². The van der Waals surface area contributed by atoms with Crippen LogP contribution in [0.25, 0.3) is 0 Å². The maximum Gasteiger partial charge on any atom is 0.124 e. The van der Waals surface area contributed by atoms with Crippen LogP contribution in [0.3, 0.4) is 0 Å². The van der Waals surface area contributed by atoms with Crippen molar-refractivity contribution in [1.82, 2.24) is 0 Å². The van der Waals surface area contributed by atoms with Gasteiger partial charge in [0.25, 0.3) is 0 Å². The van der Waals surface area contributed by atoms with E-state index < -0.39 is 10.8 Å². The van der Waals surface area contributed by atoms with Gasteiger partial charge in [-0.25, -0.2) is 0 Å². The van der Waals surface area contributed by atoms with E-state index in [1.165, 1.54) is 0 Å². The maximum atomic E-state index is 12.2. The molecule has 2 rings (SSSR count). The van der Waals surface area contributed by atoms with Crippen molar-refractivity contribution in [1.29, 1.82) is 0 Å². The predicted octanol–water partition coefficient (Wildman–Crippen LogP) is 2.39. The Bertz CT molecular complexity index is 422. The molecule has 100 valence electrons. The molecule has 0 saturated carbocycles. The number of unbranched alkanes of at least 4 members (excludes halogenated alkanes) is 2. The number of rotatable bonds is 5. The van der Waals surface area contributed by atoms with Crippen molar-refractivity contribution in [3.63, 3.8) is 0 Å². The summed E-state index contributed by atoms with van der Waals surface area (Å²) in [6, 6.07) is 7.60. The Balaban J connectivity index is 2.02. The number of para-hydroxylation sites is 1. The van der Waals surface area contributed by atoms with E-state index in [1.54, 1.807) is 0 Å². The first kappa shape index (κ1) is 13.6. The Morgan fingerprint density at radius 2 is 2.17 bits per heavy atom. The lowest BCUT2D eigenvalue weighted by molar-refractivity contribution is 0.273. The van der Waals surface area contributed by atoms with E-state index in [1.807, 2.05) is 24.3 Å². The normalized spacial score (nSPS) is 24.1. The van der Waals surface area contributed by atoms with Crippen LogP contribution in [0, 0.1) is 0 Å². The molecule has 1 aromatic carbocycles. The van der Waals surface area contributed by atoms with Gasteiger partial charge >= 0.3 is 0 Å². The number of nitrogens with two attached hydrogens (primary N) is 1. The molecule has 3 atom stereocenters. The molecular formula is C14H21NO2S. The highest BCUT2D eigenvalue weighted by atomic mass is 32.2. The third-order valence-corrected chi connectivity index (χ3v) is 5.16. The average molecular weight is 267 g/mol. The fraction of sp³-hybridized carbons (Fsp3) is 0.571. The van der Waals surface area contributed by atoms with Crippen LogP contribution in [-0.4, -0.2) is 21.8 Å². The molecule has 0 aromatic heterocycles. The van der Waals surface area contributed by atoms with E-state index in [9.17, 15) is 4.21 Å². The quantitative estimate of drug-likeness (QED) is 0.833. The molecule has 0 amide bonds. The van der Waals surface area contributed by atoms with Crippen LogP contribution >= 0.6 is 0 Å². The third kappa shape index (κ3) is 2.93. The summed E-state index contributed by atoms with van der Waals surface area (Å²) in [5, 5.41) is -0.0724. The monoisotopic (exact) mass is 267 g/mol. The fourth-order valence-corrected chi connectivity index (χ4v) is 3.73. The van der Waals surface area contributed by atoms with Crippen molar-refractivity contribution in [2.45, 2.75) is 37.5 Å². The molecule has 0 saturated heterocycles. The zero-order valence-electron chi connectivity index (χ0n) is 10.8. The number of hydrogen-bond donors (Lipinski definition) is 1. The summed E-state index contributed by atoms with van der Waals surface area (Å²) in [6.07, 6.45) is 3.28. The minimum absolute atomic E-state index is 0.0724. The van der Waals surface area contributed by atoms with Gasteiger partial charge in [0.05, 0.1) is 11.3 Å². The van der Waals surface area contributed by atoms with E-state index in [0.29, 0.717) is 6.61 Å². The summed E-state index contributed by atoms with van der Waals surface area (Å²) in [5.74, 6) is 1.57. The molecule has 0 fully saturated rings. The van der Waals surface area contributed by atoms with Crippen molar-refractivity contribution < 1.29 is 8.95 Å². The van der Waals surface area contributed by atoms with Crippen molar-refractivity contribution >= 4 is 10.8 Å². The highest BCUT2D eigenvalue weighted by Crippen LogP contribution is 2.32. The van der Waals surface area contributed by atoms with E-state index in [0.717, 1.165) is 36.3 Å². The van der Waals surface area contributed by atoms with Gasteiger partial charge in [-0.15, -0.1) is 0 Å². The first-order valence-electron chi connectivity index (χ1n) is 6.58. The Kier molecular flexibility index (Phi) is 4.78. The molecule has 3 unspecified atom stereocenters. The van der Waals surface area contributed by atoms with Gasteiger partial charge in [0.1, 0.15) is 12.4 Å². The average Bonchev–Trinajstić information content (AvgIpc) is 2.39. The molecule has 0 spiro atoms. The minimum atomic E-state index is -0.895. The molecule has 0 radical (unpaired) electrons. The lowest BCUT2D eigenvalue weighted by Crippen LogP contribution is -2.39. The summed E-state index contributed by atoms with van der Waals surface area (Å²) in [7, 11) is -0.895. The van der Waals surface area contributed by atoms with E-state index in [2.05, 4.69) is 6.92 Å².